The van der Waals surface area contributed by atoms with E-state index >= 15 is 0 Å². The molecule has 0 saturated carbocycles. The molecule has 1 aromatic heterocycles. The third-order valence-electron chi connectivity index (χ3n) is 5.80. The molecule has 0 aliphatic carbocycles. The first kappa shape index (κ1) is 28.8. The topological polar surface area (TPSA) is 121 Å². The average Bonchev–Trinajstić information content (AvgIpc) is 2.85. The third kappa shape index (κ3) is 6.37. The molecule has 14 heteroatoms. The monoisotopic (exact) mass is 539 g/mol. The van der Waals surface area contributed by atoms with Crippen LogP contribution in [-0.2, 0) is 16.0 Å². The first-order valence-corrected chi connectivity index (χ1v) is 11.3. The number of pyridine rings is 1. The number of fused-ring (bicyclic) bond motifs is 1. The number of nitrogens with zero attached hydrogens (tertiary/aromatic N) is 1. The summed E-state index contributed by atoms with van der Waals surface area (Å²) in [5, 5.41) is 23.8. The van der Waals surface area contributed by atoms with E-state index in [4.69, 9.17) is 4.74 Å². The normalized spacial score (nSPS) is 13.1. The summed E-state index contributed by atoms with van der Waals surface area (Å²) >= 11 is 0. The molecule has 3 aromatic rings. The van der Waals surface area contributed by atoms with E-state index in [1.165, 1.54) is 25.3 Å². The van der Waals surface area contributed by atoms with Crippen molar-refractivity contribution in [2.45, 2.75) is 38.0 Å². The molecule has 0 fully saturated rings. The average molecular weight is 539 g/mol. The number of halogens is 5. The van der Waals surface area contributed by atoms with Gasteiger partial charge < -0.3 is 25.4 Å². The van der Waals surface area contributed by atoms with Crippen LogP contribution < -0.4 is 16.1 Å². The standard InChI is InChI=1S/C24H23BF5N3O5/c1-3-19(24(28,29)30)32-13-10-16(26)20(17(27)11-13)22(34)33-18(23(35)38-2)9-12-6-7-15(25(36)37)21-14(12)5-4-8-31-21/h4-8,10-11,18-19,32,36-37H,3,9H2,1-2H3,(H,33,34)/t18-,19+/m0/s1. The minimum Gasteiger partial charge on any atom is -0.467 e. The molecule has 0 radical (unpaired) electrons. The van der Waals surface area contributed by atoms with Crippen molar-refractivity contribution in [3.63, 3.8) is 0 Å². The number of aromatic nitrogens is 1. The van der Waals surface area contributed by atoms with Crippen molar-refractivity contribution in [1.82, 2.24) is 10.3 Å². The number of nitrogens with one attached hydrogen (secondary N) is 2. The van der Waals surface area contributed by atoms with Gasteiger partial charge in [-0.25, -0.2) is 13.6 Å². The van der Waals surface area contributed by atoms with Crippen molar-refractivity contribution in [1.29, 1.82) is 0 Å². The maximum absolute atomic E-state index is 14.7. The number of amides is 1. The predicted octanol–water partition coefficient (Wildman–Crippen LogP) is 2.46. The molecule has 38 heavy (non-hydrogen) atoms. The van der Waals surface area contributed by atoms with E-state index in [9.17, 15) is 41.6 Å². The number of alkyl halides is 3. The van der Waals surface area contributed by atoms with E-state index < -0.39 is 66.6 Å². The molecular formula is C24H23BF5N3O5. The number of carbonyl (C=O) groups excluding carboxylic acids is 2. The van der Waals surface area contributed by atoms with Gasteiger partial charge in [-0.05, 0) is 30.2 Å². The first-order chi connectivity index (χ1) is 17.9. The van der Waals surface area contributed by atoms with Gasteiger partial charge in [0.2, 0.25) is 0 Å². The second-order valence-electron chi connectivity index (χ2n) is 8.30. The molecule has 0 aliphatic heterocycles. The molecule has 0 saturated heterocycles. The van der Waals surface area contributed by atoms with E-state index in [1.807, 2.05) is 5.32 Å². The Labute approximate surface area is 214 Å². The molecule has 0 aliphatic rings. The lowest BCUT2D eigenvalue weighted by atomic mass is 9.77. The smallest absolute Gasteiger partial charge is 0.467 e. The molecule has 3 rings (SSSR count). The summed E-state index contributed by atoms with van der Waals surface area (Å²) in [6.45, 7) is 1.24. The molecular weight excluding hydrogens is 516 g/mol. The molecule has 0 unspecified atom stereocenters. The van der Waals surface area contributed by atoms with Crippen LogP contribution in [0.4, 0.5) is 27.6 Å². The highest BCUT2D eigenvalue weighted by Crippen LogP contribution is 2.28. The minimum atomic E-state index is -4.67. The highest BCUT2D eigenvalue weighted by atomic mass is 19.4. The van der Waals surface area contributed by atoms with Crippen molar-refractivity contribution >= 4 is 41.0 Å². The lowest BCUT2D eigenvalue weighted by molar-refractivity contribution is -0.143. The number of anilines is 1. The third-order valence-corrected chi connectivity index (χ3v) is 5.80. The van der Waals surface area contributed by atoms with Crippen LogP contribution in [0.2, 0.25) is 0 Å². The Kier molecular flexibility index (Phi) is 8.89. The summed E-state index contributed by atoms with van der Waals surface area (Å²) in [6, 6.07) is 3.59. The molecule has 1 heterocycles. The molecule has 0 spiro atoms. The van der Waals surface area contributed by atoms with Gasteiger partial charge in [-0.3, -0.25) is 9.78 Å². The number of carbonyl (C=O) groups is 2. The van der Waals surface area contributed by atoms with E-state index in [2.05, 4.69) is 10.3 Å². The maximum Gasteiger partial charge on any atom is 0.490 e. The zero-order chi connectivity index (χ0) is 28.2. The quantitative estimate of drug-likeness (QED) is 0.187. The molecule has 0 bridgehead atoms. The Morgan fingerprint density at radius 1 is 1.13 bits per heavy atom. The molecule has 2 atom stereocenters. The van der Waals surface area contributed by atoms with Crippen molar-refractivity contribution in [2.24, 2.45) is 0 Å². The number of hydrogen-bond donors (Lipinski definition) is 4. The molecule has 8 nitrogen and oxygen atoms in total. The Balaban J connectivity index is 1.90. The van der Waals surface area contributed by atoms with Gasteiger partial charge >= 0.3 is 19.3 Å². The predicted molar refractivity (Wildman–Crippen MR) is 129 cm³/mol. The van der Waals surface area contributed by atoms with Crippen LogP contribution in [0.1, 0.15) is 29.3 Å². The van der Waals surface area contributed by atoms with Crippen LogP contribution in [0.3, 0.4) is 0 Å². The van der Waals surface area contributed by atoms with Gasteiger partial charge in [0, 0.05) is 29.2 Å². The van der Waals surface area contributed by atoms with E-state index in [0.717, 1.165) is 7.11 Å². The number of ether oxygens (including phenoxy) is 1. The van der Waals surface area contributed by atoms with Crippen LogP contribution in [-0.4, -0.2) is 59.4 Å². The van der Waals surface area contributed by atoms with Gasteiger partial charge in [0.15, 0.2) is 0 Å². The molecule has 1 amide bonds. The van der Waals surface area contributed by atoms with E-state index in [-0.39, 0.29) is 17.4 Å². The zero-order valence-electron chi connectivity index (χ0n) is 20.1. The zero-order valence-corrected chi connectivity index (χ0v) is 20.1. The van der Waals surface area contributed by atoms with Crippen molar-refractivity contribution in [2.75, 3.05) is 12.4 Å². The van der Waals surface area contributed by atoms with Gasteiger partial charge in [-0.2, -0.15) is 13.2 Å². The molecule has 202 valence electrons. The molecule has 4 N–H and O–H groups in total. The lowest BCUT2D eigenvalue weighted by Crippen LogP contribution is -2.43. The second kappa shape index (κ2) is 11.7. The minimum absolute atomic E-state index is 0.0941. The fraction of sp³-hybridized carbons (Fsp3) is 0.292. The Hall–Kier alpha value is -3.78. The second-order valence-corrected chi connectivity index (χ2v) is 8.30. The number of benzene rings is 2. The lowest BCUT2D eigenvalue weighted by Gasteiger charge is -2.22. The van der Waals surface area contributed by atoms with Crippen LogP contribution in [0.15, 0.2) is 42.6 Å². The molecule has 2 aromatic carbocycles. The summed E-state index contributed by atoms with van der Waals surface area (Å²) in [5.74, 6) is -5.17. The maximum atomic E-state index is 14.7. The fourth-order valence-corrected chi connectivity index (χ4v) is 3.92. The summed E-state index contributed by atoms with van der Waals surface area (Å²) < 4.78 is 73.2. The summed E-state index contributed by atoms with van der Waals surface area (Å²) in [7, 11) is -0.789. The van der Waals surface area contributed by atoms with Gasteiger partial charge in [0.05, 0.1) is 12.6 Å². The van der Waals surface area contributed by atoms with Crippen molar-refractivity contribution < 1.29 is 46.3 Å². The van der Waals surface area contributed by atoms with Gasteiger partial charge in [0.1, 0.15) is 29.3 Å². The highest BCUT2D eigenvalue weighted by molar-refractivity contribution is 6.61. The number of rotatable bonds is 9. The number of esters is 1. The Bertz CT molecular complexity index is 1320. The van der Waals surface area contributed by atoms with Gasteiger partial charge in [-0.15, -0.1) is 0 Å². The van der Waals surface area contributed by atoms with Crippen molar-refractivity contribution in [3.05, 3.63) is 65.4 Å². The largest absolute Gasteiger partial charge is 0.490 e. The number of methoxy groups -OCH3 is 1. The van der Waals surface area contributed by atoms with Crippen LogP contribution in [0.5, 0.6) is 0 Å². The Morgan fingerprint density at radius 2 is 1.79 bits per heavy atom. The summed E-state index contributed by atoms with van der Waals surface area (Å²) in [5.41, 5.74) is -0.882. The number of hydrogen-bond acceptors (Lipinski definition) is 7. The first-order valence-electron chi connectivity index (χ1n) is 11.3. The van der Waals surface area contributed by atoms with Crippen LogP contribution in [0.25, 0.3) is 10.9 Å². The van der Waals surface area contributed by atoms with Gasteiger partial charge in [0.25, 0.3) is 5.91 Å². The fourth-order valence-electron chi connectivity index (χ4n) is 3.92. The summed E-state index contributed by atoms with van der Waals surface area (Å²) in [4.78, 5) is 29.3. The van der Waals surface area contributed by atoms with E-state index in [0.29, 0.717) is 23.1 Å². The van der Waals surface area contributed by atoms with Crippen LogP contribution in [0, 0.1) is 11.6 Å². The Morgan fingerprint density at radius 3 is 2.34 bits per heavy atom. The van der Waals surface area contributed by atoms with Crippen molar-refractivity contribution in [3.8, 4) is 0 Å². The van der Waals surface area contributed by atoms with E-state index in [1.54, 1.807) is 12.1 Å². The highest BCUT2D eigenvalue weighted by Gasteiger charge is 2.38. The summed E-state index contributed by atoms with van der Waals surface area (Å²) in [6.07, 6.45) is -3.88. The van der Waals surface area contributed by atoms with Crippen LogP contribution >= 0.6 is 0 Å². The SMILES string of the molecule is CC[C@@H](Nc1cc(F)c(C(=O)N[C@@H](Cc2ccc(B(O)O)c3ncccc23)C(=O)OC)c(F)c1)C(F)(F)F. The van der Waals surface area contributed by atoms with Gasteiger partial charge in [-0.1, -0.05) is 25.1 Å².